The Morgan fingerprint density at radius 1 is 1.26 bits per heavy atom. The number of benzene rings is 1. The minimum atomic E-state index is -0.230. The largest absolute Gasteiger partial charge is 0.375 e. The molecule has 124 valence electrons. The van der Waals surface area contributed by atoms with Crippen LogP contribution in [0.15, 0.2) is 35.5 Å². The minimum absolute atomic E-state index is 0.230. The maximum atomic E-state index is 14.0. The van der Waals surface area contributed by atoms with Gasteiger partial charge in [-0.1, -0.05) is 6.07 Å². The Morgan fingerprint density at radius 2 is 2.00 bits per heavy atom. The van der Waals surface area contributed by atoms with E-state index in [4.69, 9.17) is 0 Å². The van der Waals surface area contributed by atoms with Gasteiger partial charge in [-0.25, -0.2) is 4.39 Å². The molecule has 0 spiro atoms. The van der Waals surface area contributed by atoms with Crippen molar-refractivity contribution in [3.8, 4) is 0 Å². The minimum Gasteiger partial charge on any atom is -0.375 e. The summed E-state index contributed by atoms with van der Waals surface area (Å²) >= 11 is 0. The SMILES string of the molecule is CN=C(NCc1ccc(N(C)C)c(F)c1)NCc1ccnn1C. The van der Waals surface area contributed by atoms with E-state index in [0.29, 0.717) is 24.7 Å². The molecular formula is C16H23FN6. The van der Waals surface area contributed by atoms with Gasteiger partial charge >= 0.3 is 0 Å². The van der Waals surface area contributed by atoms with Crippen molar-refractivity contribution in [1.29, 1.82) is 0 Å². The van der Waals surface area contributed by atoms with Crippen LogP contribution in [0.1, 0.15) is 11.3 Å². The summed E-state index contributed by atoms with van der Waals surface area (Å²) in [6, 6.07) is 7.16. The van der Waals surface area contributed by atoms with Gasteiger partial charge in [0.2, 0.25) is 0 Å². The number of hydrogen-bond donors (Lipinski definition) is 2. The van der Waals surface area contributed by atoms with Gasteiger partial charge in [0.05, 0.1) is 17.9 Å². The molecule has 0 unspecified atom stereocenters. The zero-order chi connectivity index (χ0) is 16.8. The number of aromatic nitrogens is 2. The zero-order valence-corrected chi connectivity index (χ0v) is 14.0. The molecule has 0 saturated heterocycles. The maximum absolute atomic E-state index is 14.0. The van der Waals surface area contributed by atoms with Gasteiger partial charge in [0, 0.05) is 40.9 Å². The Hall–Kier alpha value is -2.57. The fourth-order valence-corrected chi connectivity index (χ4v) is 2.18. The van der Waals surface area contributed by atoms with Crippen molar-refractivity contribution < 1.29 is 4.39 Å². The van der Waals surface area contributed by atoms with E-state index in [-0.39, 0.29) is 5.82 Å². The van der Waals surface area contributed by atoms with Gasteiger partial charge in [0.1, 0.15) is 5.82 Å². The third-order valence-electron chi connectivity index (χ3n) is 3.54. The summed E-state index contributed by atoms with van der Waals surface area (Å²) in [5.74, 6) is 0.426. The van der Waals surface area contributed by atoms with Crippen molar-refractivity contribution in [2.45, 2.75) is 13.1 Å². The van der Waals surface area contributed by atoms with Gasteiger partial charge in [-0.15, -0.1) is 0 Å². The van der Waals surface area contributed by atoms with Crippen LogP contribution in [-0.2, 0) is 20.1 Å². The van der Waals surface area contributed by atoms with E-state index < -0.39 is 0 Å². The number of nitrogens with zero attached hydrogens (tertiary/aromatic N) is 4. The van der Waals surface area contributed by atoms with Crippen LogP contribution in [0, 0.1) is 5.82 Å². The third kappa shape index (κ3) is 4.45. The number of nitrogens with one attached hydrogen (secondary N) is 2. The van der Waals surface area contributed by atoms with Crippen molar-refractivity contribution >= 4 is 11.6 Å². The molecule has 2 N–H and O–H groups in total. The molecule has 0 fully saturated rings. The van der Waals surface area contributed by atoms with Gasteiger partial charge in [0.15, 0.2) is 5.96 Å². The summed E-state index contributed by atoms with van der Waals surface area (Å²) in [6.07, 6.45) is 1.75. The van der Waals surface area contributed by atoms with Crippen LogP contribution in [0.5, 0.6) is 0 Å². The van der Waals surface area contributed by atoms with Gasteiger partial charge in [-0.05, 0) is 23.8 Å². The van der Waals surface area contributed by atoms with Crippen LogP contribution in [0.3, 0.4) is 0 Å². The van der Waals surface area contributed by atoms with Gasteiger partial charge in [-0.3, -0.25) is 9.67 Å². The van der Waals surface area contributed by atoms with Crippen LogP contribution in [0.2, 0.25) is 0 Å². The molecule has 6 nitrogen and oxygen atoms in total. The molecule has 2 rings (SSSR count). The lowest BCUT2D eigenvalue weighted by Gasteiger charge is -2.15. The van der Waals surface area contributed by atoms with Crippen molar-refractivity contribution in [2.24, 2.45) is 12.0 Å². The molecular weight excluding hydrogens is 295 g/mol. The topological polar surface area (TPSA) is 57.5 Å². The van der Waals surface area contributed by atoms with Crippen molar-refractivity contribution in [3.63, 3.8) is 0 Å². The highest BCUT2D eigenvalue weighted by atomic mass is 19.1. The fourth-order valence-electron chi connectivity index (χ4n) is 2.18. The first-order valence-electron chi connectivity index (χ1n) is 7.38. The molecule has 0 aliphatic rings. The molecule has 1 heterocycles. The summed E-state index contributed by atoms with van der Waals surface area (Å²) in [5, 5.41) is 10.5. The van der Waals surface area contributed by atoms with Gasteiger partial charge in [-0.2, -0.15) is 5.10 Å². The lowest BCUT2D eigenvalue weighted by molar-refractivity contribution is 0.622. The van der Waals surface area contributed by atoms with Gasteiger partial charge < -0.3 is 15.5 Å². The predicted molar refractivity (Wildman–Crippen MR) is 91.0 cm³/mol. The van der Waals surface area contributed by atoms with Crippen LogP contribution >= 0.6 is 0 Å². The van der Waals surface area contributed by atoms with Crippen LogP contribution in [0.4, 0.5) is 10.1 Å². The van der Waals surface area contributed by atoms with E-state index in [1.54, 1.807) is 28.9 Å². The molecule has 7 heteroatoms. The lowest BCUT2D eigenvalue weighted by atomic mass is 10.2. The molecule has 0 aliphatic heterocycles. The van der Waals surface area contributed by atoms with Crippen LogP contribution in [0.25, 0.3) is 0 Å². The number of hydrogen-bond acceptors (Lipinski definition) is 3. The monoisotopic (exact) mass is 318 g/mol. The average molecular weight is 318 g/mol. The van der Waals surface area contributed by atoms with E-state index in [0.717, 1.165) is 11.3 Å². The van der Waals surface area contributed by atoms with E-state index >= 15 is 0 Å². The second-order valence-electron chi connectivity index (χ2n) is 5.41. The first-order valence-corrected chi connectivity index (χ1v) is 7.38. The Labute approximate surface area is 136 Å². The number of halogens is 1. The highest BCUT2D eigenvalue weighted by Crippen LogP contribution is 2.18. The molecule has 0 amide bonds. The maximum Gasteiger partial charge on any atom is 0.191 e. The van der Waals surface area contributed by atoms with Crippen LogP contribution in [-0.4, -0.2) is 36.9 Å². The Morgan fingerprint density at radius 3 is 2.57 bits per heavy atom. The first-order chi connectivity index (χ1) is 11.0. The van der Waals surface area contributed by atoms with E-state index in [9.17, 15) is 4.39 Å². The van der Waals surface area contributed by atoms with E-state index in [2.05, 4.69) is 20.7 Å². The zero-order valence-electron chi connectivity index (χ0n) is 14.0. The number of guanidine groups is 1. The summed E-state index contributed by atoms with van der Waals surface area (Å²) < 4.78 is 15.8. The Kier molecular flexibility index (Phi) is 5.56. The quantitative estimate of drug-likeness (QED) is 0.648. The van der Waals surface area contributed by atoms with Crippen molar-refractivity contribution in [3.05, 3.63) is 47.5 Å². The Bertz CT molecular complexity index is 677. The predicted octanol–water partition coefficient (Wildman–Crippen LogP) is 1.49. The van der Waals surface area contributed by atoms with Crippen LogP contribution < -0.4 is 15.5 Å². The van der Waals surface area contributed by atoms with Crippen molar-refractivity contribution in [2.75, 3.05) is 26.0 Å². The molecule has 0 saturated carbocycles. The van der Waals surface area contributed by atoms with E-state index in [1.165, 1.54) is 6.07 Å². The molecule has 0 radical (unpaired) electrons. The number of rotatable bonds is 5. The van der Waals surface area contributed by atoms with Crippen molar-refractivity contribution in [1.82, 2.24) is 20.4 Å². The molecule has 0 bridgehead atoms. The third-order valence-corrected chi connectivity index (χ3v) is 3.54. The molecule has 1 aromatic heterocycles. The molecule has 2 aromatic rings. The number of aryl methyl sites for hydroxylation is 1. The summed E-state index contributed by atoms with van der Waals surface area (Å²) in [7, 11) is 7.23. The normalized spacial score (nSPS) is 11.4. The van der Waals surface area contributed by atoms with Gasteiger partial charge in [0.25, 0.3) is 0 Å². The molecule has 0 atom stereocenters. The number of aliphatic imine (C=N–C) groups is 1. The van der Waals surface area contributed by atoms with E-state index in [1.807, 2.05) is 33.3 Å². The number of anilines is 1. The lowest BCUT2D eigenvalue weighted by Crippen LogP contribution is -2.36. The molecule has 23 heavy (non-hydrogen) atoms. The molecule has 0 aliphatic carbocycles. The first kappa shape index (κ1) is 16.8. The smallest absolute Gasteiger partial charge is 0.191 e. The fraction of sp³-hybridized carbons (Fsp3) is 0.375. The highest BCUT2D eigenvalue weighted by Gasteiger charge is 2.06. The summed E-state index contributed by atoms with van der Waals surface area (Å²) in [6.45, 7) is 1.11. The highest BCUT2D eigenvalue weighted by molar-refractivity contribution is 5.79. The standard InChI is InChI=1S/C16H23FN6/c1-18-16(20-11-13-7-8-21-23(13)4)19-10-12-5-6-15(22(2)3)14(17)9-12/h5-9H,10-11H2,1-4H3,(H2,18,19,20). The molecule has 1 aromatic carbocycles. The summed E-state index contributed by atoms with van der Waals surface area (Å²) in [5.41, 5.74) is 2.48. The second-order valence-corrected chi connectivity index (χ2v) is 5.41. The Balaban J connectivity index is 1.90. The second kappa shape index (κ2) is 7.62. The average Bonchev–Trinajstić information content (AvgIpc) is 2.92. The summed E-state index contributed by atoms with van der Waals surface area (Å²) in [4.78, 5) is 5.91.